The zero-order valence-corrected chi connectivity index (χ0v) is 11.7. The summed E-state index contributed by atoms with van der Waals surface area (Å²) >= 11 is 0. The summed E-state index contributed by atoms with van der Waals surface area (Å²) in [6, 6.07) is 9.13. The number of pyridine rings is 1. The molecule has 0 spiro atoms. The van der Waals surface area contributed by atoms with Gasteiger partial charge in [-0.3, -0.25) is 9.78 Å². The molecule has 0 saturated carbocycles. The number of hydrogen-bond acceptors (Lipinski definition) is 3. The van der Waals surface area contributed by atoms with E-state index in [-0.39, 0.29) is 24.7 Å². The number of carbonyl (C=O) groups excluding carboxylic acids is 1. The van der Waals surface area contributed by atoms with Crippen LogP contribution in [0.2, 0.25) is 0 Å². The summed E-state index contributed by atoms with van der Waals surface area (Å²) in [6.07, 6.45) is 3.46. The second kappa shape index (κ2) is 6.45. The van der Waals surface area contributed by atoms with Gasteiger partial charge in [-0.05, 0) is 36.2 Å². The van der Waals surface area contributed by atoms with Crippen molar-refractivity contribution in [2.45, 2.75) is 18.9 Å². The molecule has 5 heteroatoms. The topological polar surface area (TPSA) is 62.2 Å². The minimum atomic E-state index is -1.25. The Bertz CT molecular complexity index is 597. The molecular formula is C16H17FN2O2. The summed E-state index contributed by atoms with van der Waals surface area (Å²) in [5, 5.41) is 13.0. The molecule has 110 valence electrons. The van der Waals surface area contributed by atoms with Gasteiger partial charge in [0.2, 0.25) is 5.91 Å². The summed E-state index contributed by atoms with van der Waals surface area (Å²) in [4.78, 5) is 15.8. The molecule has 0 aliphatic carbocycles. The zero-order chi connectivity index (χ0) is 15.3. The number of aromatic nitrogens is 1. The van der Waals surface area contributed by atoms with Crippen molar-refractivity contribution in [1.29, 1.82) is 0 Å². The lowest BCUT2D eigenvalue weighted by atomic mass is 9.96. The highest BCUT2D eigenvalue weighted by Gasteiger charge is 2.23. The van der Waals surface area contributed by atoms with Gasteiger partial charge >= 0.3 is 0 Å². The number of benzene rings is 1. The SMILES string of the molecule is CC(O)(CNC(=O)Cc1cccnc1)c1ccc(F)cc1. The van der Waals surface area contributed by atoms with Gasteiger partial charge < -0.3 is 10.4 Å². The van der Waals surface area contributed by atoms with Gasteiger partial charge in [-0.25, -0.2) is 4.39 Å². The van der Waals surface area contributed by atoms with E-state index in [9.17, 15) is 14.3 Å². The largest absolute Gasteiger partial charge is 0.384 e. The second-order valence-electron chi connectivity index (χ2n) is 5.10. The molecule has 0 radical (unpaired) electrons. The monoisotopic (exact) mass is 288 g/mol. The number of amides is 1. The van der Waals surface area contributed by atoms with Crippen molar-refractivity contribution in [3.05, 3.63) is 65.7 Å². The lowest BCUT2D eigenvalue weighted by Crippen LogP contribution is -2.39. The van der Waals surface area contributed by atoms with E-state index in [0.29, 0.717) is 5.56 Å². The molecule has 1 aromatic heterocycles. The Labute approximate surface area is 122 Å². The molecule has 2 N–H and O–H groups in total. The van der Waals surface area contributed by atoms with E-state index in [0.717, 1.165) is 5.56 Å². The van der Waals surface area contributed by atoms with Crippen LogP contribution in [0.3, 0.4) is 0 Å². The molecular weight excluding hydrogens is 271 g/mol. The smallest absolute Gasteiger partial charge is 0.224 e. The number of nitrogens with zero attached hydrogens (tertiary/aromatic N) is 1. The van der Waals surface area contributed by atoms with E-state index >= 15 is 0 Å². The summed E-state index contributed by atoms with van der Waals surface area (Å²) in [5.41, 5.74) is 0.0974. The molecule has 1 atom stereocenters. The van der Waals surface area contributed by atoms with Gasteiger partial charge in [-0.2, -0.15) is 0 Å². The molecule has 0 aliphatic rings. The van der Waals surface area contributed by atoms with Crippen LogP contribution in [-0.2, 0) is 16.8 Å². The van der Waals surface area contributed by atoms with Gasteiger partial charge in [0.1, 0.15) is 11.4 Å². The molecule has 1 heterocycles. The molecule has 21 heavy (non-hydrogen) atoms. The zero-order valence-electron chi connectivity index (χ0n) is 11.7. The lowest BCUT2D eigenvalue weighted by molar-refractivity contribution is -0.121. The van der Waals surface area contributed by atoms with Crippen molar-refractivity contribution in [2.24, 2.45) is 0 Å². The summed E-state index contributed by atoms with van der Waals surface area (Å²) in [6.45, 7) is 1.63. The minimum absolute atomic E-state index is 0.0533. The first-order valence-electron chi connectivity index (χ1n) is 6.61. The molecule has 2 rings (SSSR count). The first-order valence-corrected chi connectivity index (χ1v) is 6.61. The average Bonchev–Trinajstić information content (AvgIpc) is 2.47. The normalized spacial score (nSPS) is 13.5. The average molecular weight is 288 g/mol. The van der Waals surface area contributed by atoms with Crippen LogP contribution in [0.15, 0.2) is 48.8 Å². The summed E-state index contributed by atoms with van der Waals surface area (Å²) in [7, 11) is 0. The fourth-order valence-corrected chi connectivity index (χ4v) is 1.93. The Morgan fingerprint density at radius 2 is 2.05 bits per heavy atom. The maximum absolute atomic E-state index is 12.9. The van der Waals surface area contributed by atoms with Gasteiger partial charge in [0, 0.05) is 12.4 Å². The molecule has 1 aromatic carbocycles. The van der Waals surface area contributed by atoms with Crippen LogP contribution < -0.4 is 5.32 Å². The highest BCUT2D eigenvalue weighted by Crippen LogP contribution is 2.19. The van der Waals surface area contributed by atoms with Crippen molar-refractivity contribution in [3.8, 4) is 0 Å². The van der Waals surface area contributed by atoms with Gasteiger partial charge in [-0.15, -0.1) is 0 Å². The van der Waals surface area contributed by atoms with Crippen molar-refractivity contribution >= 4 is 5.91 Å². The number of carbonyl (C=O) groups is 1. The molecule has 0 saturated heterocycles. The first kappa shape index (κ1) is 15.1. The van der Waals surface area contributed by atoms with Crippen LogP contribution in [0, 0.1) is 5.82 Å². The van der Waals surface area contributed by atoms with Crippen LogP contribution in [0.4, 0.5) is 4.39 Å². The first-order chi connectivity index (χ1) is 9.97. The fourth-order valence-electron chi connectivity index (χ4n) is 1.93. The van der Waals surface area contributed by atoms with Gasteiger partial charge in [0.05, 0.1) is 13.0 Å². The maximum Gasteiger partial charge on any atom is 0.224 e. The Hall–Kier alpha value is -2.27. The standard InChI is InChI=1S/C16H17FN2O2/c1-16(21,13-4-6-14(17)7-5-13)11-19-15(20)9-12-3-2-8-18-10-12/h2-8,10,21H,9,11H2,1H3,(H,19,20). The number of nitrogens with one attached hydrogen (secondary N) is 1. The Balaban J connectivity index is 1.92. The van der Waals surface area contributed by atoms with Crippen molar-refractivity contribution in [1.82, 2.24) is 10.3 Å². The number of hydrogen-bond donors (Lipinski definition) is 2. The van der Waals surface area contributed by atoms with E-state index in [2.05, 4.69) is 10.3 Å². The van der Waals surface area contributed by atoms with Crippen LogP contribution in [0.5, 0.6) is 0 Å². The molecule has 1 unspecified atom stereocenters. The highest BCUT2D eigenvalue weighted by atomic mass is 19.1. The van der Waals surface area contributed by atoms with E-state index in [1.54, 1.807) is 25.4 Å². The number of aliphatic hydroxyl groups is 1. The van der Waals surface area contributed by atoms with E-state index in [1.807, 2.05) is 6.07 Å². The summed E-state index contributed by atoms with van der Waals surface area (Å²) in [5.74, 6) is -0.569. The third-order valence-electron chi connectivity index (χ3n) is 3.18. The van der Waals surface area contributed by atoms with Crippen LogP contribution in [-0.4, -0.2) is 22.5 Å². The third kappa shape index (κ3) is 4.36. The predicted octanol–water partition coefficient (Wildman–Crippen LogP) is 1.79. The Morgan fingerprint density at radius 3 is 2.67 bits per heavy atom. The lowest BCUT2D eigenvalue weighted by Gasteiger charge is -2.24. The number of halogens is 1. The molecule has 1 amide bonds. The second-order valence-corrected chi connectivity index (χ2v) is 5.10. The van der Waals surface area contributed by atoms with Crippen molar-refractivity contribution in [2.75, 3.05) is 6.54 Å². The molecule has 4 nitrogen and oxygen atoms in total. The van der Waals surface area contributed by atoms with Crippen LogP contribution >= 0.6 is 0 Å². The number of rotatable bonds is 5. The van der Waals surface area contributed by atoms with E-state index in [4.69, 9.17) is 0 Å². The van der Waals surface area contributed by atoms with Crippen LogP contribution in [0.1, 0.15) is 18.1 Å². The summed E-state index contributed by atoms with van der Waals surface area (Å²) < 4.78 is 12.9. The van der Waals surface area contributed by atoms with E-state index in [1.165, 1.54) is 24.3 Å². The Kier molecular flexibility index (Phi) is 4.65. The predicted molar refractivity (Wildman–Crippen MR) is 76.9 cm³/mol. The highest BCUT2D eigenvalue weighted by molar-refractivity contribution is 5.78. The molecule has 0 aliphatic heterocycles. The fraction of sp³-hybridized carbons (Fsp3) is 0.250. The molecule has 0 fully saturated rings. The third-order valence-corrected chi connectivity index (χ3v) is 3.18. The Morgan fingerprint density at radius 1 is 1.33 bits per heavy atom. The van der Waals surface area contributed by atoms with Crippen molar-refractivity contribution < 1.29 is 14.3 Å². The molecule has 2 aromatic rings. The maximum atomic E-state index is 12.9. The quantitative estimate of drug-likeness (QED) is 0.881. The van der Waals surface area contributed by atoms with Crippen molar-refractivity contribution in [3.63, 3.8) is 0 Å². The molecule has 0 bridgehead atoms. The van der Waals surface area contributed by atoms with Gasteiger partial charge in [0.15, 0.2) is 0 Å². The van der Waals surface area contributed by atoms with Gasteiger partial charge in [-0.1, -0.05) is 18.2 Å². The minimum Gasteiger partial charge on any atom is -0.384 e. The van der Waals surface area contributed by atoms with E-state index < -0.39 is 5.60 Å². The van der Waals surface area contributed by atoms with Crippen LogP contribution in [0.25, 0.3) is 0 Å². The van der Waals surface area contributed by atoms with Gasteiger partial charge in [0.25, 0.3) is 0 Å².